The minimum Gasteiger partial charge on any atom is -0.398 e. The van der Waals surface area contributed by atoms with Gasteiger partial charge in [-0.15, -0.1) is 0 Å². The highest BCUT2D eigenvalue weighted by Gasteiger charge is 2.33. The van der Waals surface area contributed by atoms with Crippen LogP contribution in [0.3, 0.4) is 0 Å². The average molecular weight is 455 g/mol. The lowest BCUT2D eigenvalue weighted by atomic mass is 9.89. The fourth-order valence-electron chi connectivity index (χ4n) is 4.75. The average Bonchev–Trinajstić information content (AvgIpc) is 2.79. The molecule has 1 aromatic rings. The van der Waals surface area contributed by atoms with E-state index in [9.17, 15) is 18.0 Å². The van der Waals surface area contributed by atoms with Gasteiger partial charge in [0.15, 0.2) is 0 Å². The Bertz CT molecular complexity index is 726. The van der Waals surface area contributed by atoms with Gasteiger partial charge in [-0.3, -0.25) is 9.69 Å². The molecule has 0 spiro atoms. The fraction of sp³-hybridized carbons (Fsp3) is 0.708. The summed E-state index contributed by atoms with van der Waals surface area (Å²) in [5.41, 5.74) is 5.11. The van der Waals surface area contributed by atoms with Crippen LogP contribution in [0.1, 0.15) is 63.4 Å². The van der Waals surface area contributed by atoms with Gasteiger partial charge in [0.2, 0.25) is 5.91 Å². The molecule has 1 amide bonds. The van der Waals surface area contributed by atoms with Gasteiger partial charge in [-0.25, -0.2) is 0 Å². The van der Waals surface area contributed by atoms with Crippen molar-refractivity contribution in [3.8, 4) is 0 Å². The summed E-state index contributed by atoms with van der Waals surface area (Å²) in [5.74, 6) is 0.474. The summed E-state index contributed by atoms with van der Waals surface area (Å²) in [6.45, 7) is 4.92. The summed E-state index contributed by atoms with van der Waals surface area (Å²) in [6, 6.07) is 4.19. The minimum atomic E-state index is -4.43. The van der Waals surface area contributed by atoms with Crippen LogP contribution < -0.4 is 16.0 Å². The summed E-state index contributed by atoms with van der Waals surface area (Å²) in [6.07, 6.45) is 5.65. The smallest absolute Gasteiger partial charge is 0.398 e. The van der Waals surface area contributed by atoms with Crippen molar-refractivity contribution in [1.29, 1.82) is 0 Å². The lowest BCUT2D eigenvalue weighted by Crippen LogP contribution is -2.46. The first-order chi connectivity index (χ1) is 15.3. The predicted molar refractivity (Wildman–Crippen MR) is 123 cm³/mol. The number of anilines is 2. The topological polar surface area (TPSA) is 61.6 Å². The number of halogens is 3. The number of piperazine rings is 1. The molecule has 2 aliphatic rings. The molecule has 0 aromatic heterocycles. The molecule has 3 rings (SSSR count). The van der Waals surface area contributed by atoms with Crippen LogP contribution in [0.2, 0.25) is 0 Å². The van der Waals surface area contributed by atoms with Gasteiger partial charge in [0.1, 0.15) is 0 Å². The number of carbonyl (C=O) groups excluding carboxylic acids is 1. The first kappa shape index (κ1) is 24.7. The van der Waals surface area contributed by atoms with Crippen molar-refractivity contribution in [3.63, 3.8) is 0 Å². The van der Waals surface area contributed by atoms with Gasteiger partial charge in [-0.2, -0.15) is 13.2 Å². The Morgan fingerprint density at radius 1 is 1.00 bits per heavy atom. The van der Waals surface area contributed by atoms with Crippen LogP contribution in [-0.4, -0.2) is 50.1 Å². The van der Waals surface area contributed by atoms with E-state index >= 15 is 0 Å². The number of rotatable bonds is 9. The molecule has 5 nitrogen and oxygen atoms in total. The molecule has 0 radical (unpaired) electrons. The SMILES string of the molecule is Nc1ccc(N2CCN(CCCCCCNC(=O)C3CCCCC3)CC2)cc1C(F)(F)F. The predicted octanol–water partition coefficient (Wildman–Crippen LogP) is 4.67. The van der Waals surface area contributed by atoms with Crippen molar-refractivity contribution in [2.75, 3.05) is 49.9 Å². The number of benzene rings is 1. The zero-order valence-corrected chi connectivity index (χ0v) is 18.9. The Morgan fingerprint density at radius 2 is 1.69 bits per heavy atom. The van der Waals surface area contributed by atoms with E-state index in [4.69, 9.17) is 5.73 Å². The normalized spacial score (nSPS) is 18.7. The second-order valence-corrected chi connectivity index (χ2v) is 9.14. The third-order valence-corrected chi connectivity index (χ3v) is 6.76. The third-order valence-electron chi connectivity index (χ3n) is 6.76. The van der Waals surface area contributed by atoms with Crippen LogP contribution in [0.5, 0.6) is 0 Å². The number of nitrogens with two attached hydrogens (primary N) is 1. The van der Waals surface area contributed by atoms with Crippen LogP contribution in [0.25, 0.3) is 0 Å². The number of carbonyl (C=O) groups is 1. The molecule has 0 atom stereocenters. The van der Waals surface area contributed by atoms with Crippen molar-refractivity contribution >= 4 is 17.3 Å². The fourth-order valence-corrected chi connectivity index (χ4v) is 4.75. The molecule has 180 valence electrons. The zero-order valence-electron chi connectivity index (χ0n) is 18.9. The second kappa shape index (κ2) is 11.8. The number of alkyl halides is 3. The van der Waals surface area contributed by atoms with Crippen molar-refractivity contribution < 1.29 is 18.0 Å². The van der Waals surface area contributed by atoms with Crippen LogP contribution in [0, 0.1) is 5.92 Å². The quantitative estimate of drug-likeness (QED) is 0.421. The van der Waals surface area contributed by atoms with E-state index < -0.39 is 11.7 Å². The van der Waals surface area contributed by atoms with Crippen molar-refractivity contribution in [2.24, 2.45) is 5.92 Å². The minimum absolute atomic E-state index is 0.228. The largest absolute Gasteiger partial charge is 0.418 e. The van der Waals surface area contributed by atoms with Gasteiger partial charge in [0.25, 0.3) is 0 Å². The molecule has 1 saturated carbocycles. The number of hydrogen-bond donors (Lipinski definition) is 2. The Labute approximate surface area is 189 Å². The standard InChI is InChI=1S/C24H37F3N4O/c25-24(26,27)21-18-20(10-11-22(21)28)31-16-14-30(15-17-31)13-7-2-1-6-12-29-23(32)19-8-4-3-5-9-19/h10-11,18-19H,1-9,12-17,28H2,(H,29,32). The molecule has 1 aliphatic carbocycles. The lowest BCUT2D eigenvalue weighted by Gasteiger charge is -2.36. The van der Waals surface area contributed by atoms with E-state index in [2.05, 4.69) is 10.2 Å². The van der Waals surface area contributed by atoms with E-state index in [1.54, 1.807) is 6.07 Å². The van der Waals surface area contributed by atoms with Crippen LogP contribution in [0.4, 0.5) is 24.5 Å². The molecule has 32 heavy (non-hydrogen) atoms. The van der Waals surface area contributed by atoms with E-state index in [-0.39, 0.29) is 17.5 Å². The molecule has 1 aromatic carbocycles. The van der Waals surface area contributed by atoms with Gasteiger partial charge < -0.3 is 16.0 Å². The maximum atomic E-state index is 13.1. The molecular weight excluding hydrogens is 417 g/mol. The molecule has 8 heteroatoms. The molecule has 1 saturated heterocycles. The Kier molecular flexibility index (Phi) is 9.08. The van der Waals surface area contributed by atoms with Gasteiger partial charge >= 0.3 is 6.18 Å². The molecule has 2 fully saturated rings. The van der Waals surface area contributed by atoms with Gasteiger partial charge in [0.05, 0.1) is 5.56 Å². The summed E-state index contributed by atoms with van der Waals surface area (Å²) in [4.78, 5) is 16.5. The first-order valence-electron chi connectivity index (χ1n) is 12.1. The maximum absolute atomic E-state index is 13.1. The molecular formula is C24H37F3N4O. The Morgan fingerprint density at radius 3 is 2.38 bits per heavy atom. The summed E-state index contributed by atoms with van der Waals surface area (Å²) in [7, 11) is 0. The van der Waals surface area contributed by atoms with E-state index in [0.29, 0.717) is 18.8 Å². The van der Waals surface area contributed by atoms with E-state index in [0.717, 1.165) is 70.8 Å². The number of hydrogen-bond acceptors (Lipinski definition) is 4. The molecule has 1 heterocycles. The molecule has 0 bridgehead atoms. The highest BCUT2D eigenvalue weighted by molar-refractivity contribution is 5.78. The van der Waals surface area contributed by atoms with Gasteiger partial charge in [-0.05, 0) is 50.4 Å². The van der Waals surface area contributed by atoms with E-state index in [1.165, 1.54) is 25.3 Å². The van der Waals surface area contributed by atoms with Crippen molar-refractivity contribution in [3.05, 3.63) is 23.8 Å². The van der Waals surface area contributed by atoms with Gasteiger partial charge in [0, 0.05) is 50.0 Å². The summed E-state index contributed by atoms with van der Waals surface area (Å²) < 4.78 is 39.3. The zero-order chi connectivity index (χ0) is 23.0. The maximum Gasteiger partial charge on any atom is 0.418 e. The third kappa shape index (κ3) is 7.29. The second-order valence-electron chi connectivity index (χ2n) is 9.14. The van der Waals surface area contributed by atoms with Crippen LogP contribution in [0.15, 0.2) is 18.2 Å². The number of nitrogens with zero attached hydrogens (tertiary/aromatic N) is 2. The van der Waals surface area contributed by atoms with E-state index in [1.807, 2.05) is 4.90 Å². The monoisotopic (exact) mass is 454 g/mol. The number of nitrogen functional groups attached to an aromatic ring is 1. The highest BCUT2D eigenvalue weighted by atomic mass is 19.4. The van der Waals surface area contributed by atoms with Gasteiger partial charge in [-0.1, -0.05) is 32.1 Å². The number of unbranched alkanes of at least 4 members (excludes halogenated alkanes) is 3. The molecule has 3 N–H and O–H groups in total. The van der Waals surface area contributed by atoms with Crippen LogP contribution in [-0.2, 0) is 11.0 Å². The number of amides is 1. The lowest BCUT2D eigenvalue weighted by molar-refractivity contribution is -0.136. The first-order valence-corrected chi connectivity index (χ1v) is 12.1. The molecule has 1 aliphatic heterocycles. The highest BCUT2D eigenvalue weighted by Crippen LogP contribution is 2.36. The van der Waals surface area contributed by atoms with Crippen molar-refractivity contribution in [1.82, 2.24) is 10.2 Å². The Balaban J connectivity index is 1.27. The van der Waals surface area contributed by atoms with Crippen LogP contribution >= 0.6 is 0 Å². The Hall–Kier alpha value is -1.96. The number of nitrogens with one attached hydrogen (secondary N) is 1. The van der Waals surface area contributed by atoms with Crippen molar-refractivity contribution in [2.45, 2.75) is 64.0 Å². The summed E-state index contributed by atoms with van der Waals surface area (Å²) >= 11 is 0. The molecule has 0 unspecified atom stereocenters. The summed E-state index contributed by atoms with van der Waals surface area (Å²) in [5, 5.41) is 3.10.